The number of hydrogen-bond donors (Lipinski definition) is 1. The van der Waals surface area contributed by atoms with Crippen LogP contribution in [-0.2, 0) is 9.84 Å². The molecule has 1 atom stereocenters. The van der Waals surface area contributed by atoms with E-state index in [1.165, 1.54) is 0 Å². The lowest BCUT2D eigenvalue weighted by atomic mass is 10.2. The van der Waals surface area contributed by atoms with Gasteiger partial charge < -0.3 is 10.2 Å². The summed E-state index contributed by atoms with van der Waals surface area (Å²) < 4.78 is 23.3. The highest BCUT2D eigenvalue weighted by atomic mass is 32.2. The van der Waals surface area contributed by atoms with Crippen molar-refractivity contribution in [2.24, 2.45) is 0 Å². The fraction of sp³-hybridized carbons (Fsp3) is 1.00. The highest BCUT2D eigenvalue weighted by Gasteiger charge is 2.28. The molecular formula is C15H34N2O2S. The molecule has 122 valence electrons. The van der Waals surface area contributed by atoms with E-state index in [9.17, 15) is 8.42 Å². The quantitative estimate of drug-likeness (QED) is 0.673. The zero-order valence-electron chi connectivity index (χ0n) is 14.2. The highest BCUT2D eigenvalue weighted by molar-refractivity contribution is 7.92. The Kier molecular flexibility index (Phi) is 8.95. The van der Waals surface area contributed by atoms with Crippen LogP contribution in [-0.4, -0.2) is 56.0 Å². The summed E-state index contributed by atoms with van der Waals surface area (Å²) in [7, 11) is -3.01. The van der Waals surface area contributed by atoms with Crippen LogP contribution < -0.4 is 5.32 Å². The van der Waals surface area contributed by atoms with Crippen LogP contribution in [0.5, 0.6) is 0 Å². The number of nitrogens with zero attached hydrogens (tertiary/aromatic N) is 1. The van der Waals surface area contributed by atoms with E-state index in [0.29, 0.717) is 12.6 Å². The summed E-state index contributed by atoms with van der Waals surface area (Å²) in [5.41, 5.74) is 0. The van der Waals surface area contributed by atoms with E-state index >= 15 is 0 Å². The normalized spacial score (nSPS) is 14.8. The Morgan fingerprint density at radius 2 is 1.70 bits per heavy atom. The molecule has 0 aliphatic carbocycles. The summed E-state index contributed by atoms with van der Waals surface area (Å²) in [5, 5.41) is 3.32. The van der Waals surface area contributed by atoms with Crippen LogP contribution in [0.3, 0.4) is 0 Å². The Balaban J connectivity index is 3.88. The fourth-order valence-electron chi connectivity index (χ4n) is 2.01. The molecule has 0 amide bonds. The molecule has 0 aromatic carbocycles. The summed E-state index contributed by atoms with van der Waals surface area (Å²) in [6.45, 7) is 15.6. The van der Waals surface area contributed by atoms with Crippen LogP contribution in [0.1, 0.15) is 54.4 Å². The SMILES string of the molecule is CCN(CC)CCCC(C)NCCS(=O)(=O)C(C)(C)C. The predicted octanol–water partition coefficient (Wildman–Crippen LogP) is 2.30. The molecule has 0 aromatic rings. The zero-order chi connectivity index (χ0) is 15.8. The standard InChI is InChI=1S/C15H34N2O2S/c1-7-17(8-2)12-9-10-14(3)16-11-13-20(18,19)15(4,5)6/h14,16H,7-13H2,1-6H3. The molecule has 0 aromatic heterocycles. The van der Waals surface area contributed by atoms with Crippen LogP contribution in [0.15, 0.2) is 0 Å². The van der Waals surface area contributed by atoms with Crippen LogP contribution in [0.4, 0.5) is 0 Å². The lowest BCUT2D eigenvalue weighted by molar-refractivity contribution is 0.291. The molecule has 0 saturated heterocycles. The number of rotatable bonds is 10. The van der Waals surface area contributed by atoms with Gasteiger partial charge in [0, 0.05) is 12.6 Å². The van der Waals surface area contributed by atoms with Crippen LogP contribution >= 0.6 is 0 Å². The van der Waals surface area contributed by atoms with Gasteiger partial charge in [0.2, 0.25) is 0 Å². The molecule has 0 radical (unpaired) electrons. The van der Waals surface area contributed by atoms with Crippen molar-refractivity contribution in [1.29, 1.82) is 0 Å². The average Bonchev–Trinajstić information content (AvgIpc) is 2.33. The van der Waals surface area contributed by atoms with Gasteiger partial charge in [-0.25, -0.2) is 8.42 Å². The molecule has 0 rings (SSSR count). The Bertz CT molecular complexity index is 343. The summed E-state index contributed by atoms with van der Waals surface area (Å²) in [6.07, 6.45) is 2.24. The summed E-state index contributed by atoms with van der Waals surface area (Å²) in [4.78, 5) is 2.41. The van der Waals surface area contributed by atoms with Crippen molar-refractivity contribution in [3.05, 3.63) is 0 Å². The highest BCUT2D eigenvalue weighted by Crippen LogP contribution is 2.15. The van der Waals surface area contributed by atoms with Crippen molar-refractivity contribution in [2.75, 3.05) is 31.9 Å². The maximum absolute atomic E-state index is 12.0. The lowest BCUT2D eigenvalue weighted by Gasteiger charge is -2.21. The monoisotopic (exact) mass is 306 g/mol. The first-order valence-corrected chi connectivity index (χ1v) is 9.47. The van der Waals surface area contributed by atoms with Gasteiger partial charge in [-0.3, -0.25) is 0 Å². The topological polar surface area (TPSA) is 49.4 Å². The first kappa shape index (κ1) is 19.9. The predicted molar refractivity (Wildman–Crippen MR) is 88.0 cm³/mol. The van der Waals surface area contributed by atoms with Crippen molar-refractivity contribution < 1.29 is 8.42 Å². The van der Waals surface area contributed by atoms with E-state index in [2.05, 4.69) is 31.0 Å². The number of hydrogen-bond acceptors (Lipinski definition) is 4. The third-order valence-electron chi connectivity index (χ3n) is 3.80. The molecule has 1 N–H and O–H groups in total. The molecular weight excluding hydrogens is 272 g/mol. The number of nitrogens with one attached hydrogen (secondary N) is 1. The van der Waals surface area contributed by atoms with Gasteiger partial charge in [-0.1, -0.05) is 13.8 Å². The van der Waals surface area contributed by atoms with Gasteiger partial charge in [0.1, 0.15) is 0 Å². The Labute approximate surface area is 126 Å². The minimum Gasteiger partial charge on any atom is -0.313 e. The molecule has 0 aliphatic heterocycles. The van der Waals surface area contributed by atoms with E-state index in [4.69, 9.17) is 0 Å². The van der Waals surface area contributed by atoms with Crippen LogP contribution in [0, 0.1) is 0 Å². The minimum absolute atomic E-state index is 0.219. The Hall–Kier alpha value is -0.130. The second-order valence-electron chi connectivity index (χ2n) is 6.46. The van der Waals surface area contributed by atoms with Gasteiger partial charge >= 0.3 is 0 Å². The molecule has 4 nitrogen and oxygen atoms in total. The van der Waals surface area contributed by atoms with E-state index in [-0.39, 0.29) is 5.75 Å². The van der Waals surface area contributed by atoms with Crippen LogP contribution in [0.2, 0.25) is 0 Å². The lowest BCUT2D eigenvalue weighted by Crippen LogP contribution is -2.37. The van der Waals surface area contributed by atoms with E-state index in [1.807, 2.05) is 0 Å². The molecule has 0 heterocycles. The van der Waals surface area contributed by atoms with Crippen molar-refractivity contribution in [2.45, 2.75) is 65.2 Å². The number of sulfone groups is 1. The van der Waals surface area contributed by atoms with Crippen molar-refractivity contribution >= 4 is 9.84 Å². The summed E-state index contributed by atoms with van der Waals surface area (Å²) >= 11 is 0. The van der Waals surface area contributed by atoms with E-state index < -0.39 is 14.6 Å². The van der Waals surface area contributed by atoms with Gasteiger partial charge in [0.15, 0.2) is 9.84 Å². The maximum Gasteiger partial charge on any atom is 0.156 e. The second-order valence-corrected chi connectivity index (χ2v) is 9.32. The zero-order valence-corrected chi connectivity index (χ0v) is 15.0. The van der Waals surface area contributed by atoms with Crippen LogP contribution in [0.25, 0.3) is 0 Å². The Morgan fingerprint density at radius 3 is 2.15 bits per heavy atom. The maximum atomic E-state index is 12.0. The van der Waals surface area contributed by atoms with Gasteiger partial charge in [-0.15, -0.1) is 0 Å². The average molecular weight is 307 g/mol. The molecule has 1 unspecified atom stereocenters. The Morgan fingerprint density at radius 1 is 1.15 bits per heavy atom. The molecule has 0 fully saturated rings. The first-order valence-electron chi connectivity index (χ1n) is 7.82. The van der Waals surface area contributed by atoms with E-state index in [1.54, 1.807) is 20.8 Å². The summed E-state index contributed by atoms with van der Waals surface area (Å²) in [5.74, 6) is 0.219. The second kappa shape index (κ2) is 9.00. The molecule has 20 heavy (non-hydrogen) atoms. The molecule has 0 saturated carbocycles. The molecule has 0 spiro atoms. The van der Waals surface area contributed by atoms with E-state index in [0.717, 1.165) is 32.5 Å². The van der Waals surface area contributed by atoms with Gasteiger partial charge in [-0.2, -0.15) is 0 Å². The molecule has 5 heteroatoms. The van der Waals surface area contributed by atoms with Gasteiger partial charge in [0.25, 0.3) is 0 Å². The minimum atomic E-state index is -3.01. The van der Waals surface area contributed by atoms with Crippen molar-refractivity contribution in [3.8, 4) is 0 Å². The third kappa shape index (κ3) is 7.60. The van der Waals surface area contributed by atoms with Crippen molar-refractivity contribution in [3.63, 3.8) is 0 Å². The molecule has 0 bridgehead atoms. The summed E-state index contributed by atoms with van der Waals surface area (Å²) in [6, 6.07) is 0.376. The van der Waals surface area contributed by atoms with Crippen molar-refractivity contribution in [1.82, 2.24) is 10.2 Å². The molecule has 0 aliphatic rings. The fourth-order valence-corrected chi connectivity index (χ4v) is 3.01. The van der Waals surface area contributed by atoms with Gasteiger partial charge in [0.05, 0.1) is 10.5 Å². The largest absolute Gasteiger partial charge is 0.313 e. The first-order chi connectivity index (χ1) is 9.14. The smallest absolute Gasteiger partial charge is 0.156 e. The van der Waals surface area contributed by atoms with Gasteiger partial charge in [-0.05, 0) is 60.2 Å². The third-order valence-corrected chi connectivity index (χ3v) is 6.41.